The highest BCUT2D eigenvalue weighted by atomic mass is 19.1. The van der Waals surface area contributed by atoms with Crippen LogP contribution in [0, 0.1) is 5.82 Å². The van der Waals surface area contributed by atoms with Crippen LogP contribution in [0.2, 0.25) is 0 Å². The van der Waals surface area contributed by atoms with Gasteiger partial charge in [-0.3, -0.25) is 19.9 Å². The molecule has 43 heavy (non-hydrogen) atoms. The van der Waals surface area contributed by atoms with E-state index in [1.54, 1.807) is 6.07 Å². The third-order valence-corrected chi connectivity index (χ3v) is 11.0. The molecule has 1 aliphatic carbocycles. The minimum atomic E-state index is -1.02. The Balaban J connectivity index is 1.18. The molecule has 4 atom stereocenters. The third kappa shape index (κ3) is 4.08. The molecule has 228 valence electrons. The maximum absolute atomic E-state index is 15.4. The van der Waals surface area contributed by atoms with Crippen molar-refractivity contribution in [3.8, 4) is 6.01 Å². The predicted octanol–water partition coefficient (Wildman–Crippen LogP) is 2.58. The van der Waals surface area contributed by atoms with Gasteiger partial charge in [0.15, 0.2) is 0 Å². The highest BCUT2D eigenvalue weighted by molar-refractivity contribution is 6.07. The van der Waals surface area contributed by atoms with Crippen LogP contribution < -0.4 is 20.3 Å². The summed E-state index contributed by atoms with van der Waals surface area (Å²) in [7, 11) is 2.03. The number of fused-ring (bicyclic) bond motifs is 4. The third-order valence-electron chi connectivity index (χ3n) is 11.0. The molecule has 8 rings (SSSR count). The molecule has 6 aliphatic rings. The average molecular weight is 594 g/mol. The van der Waals surface area contributed by atoms with Crippen molar-refractivity contribution in [1.29, 1.82) is 0 Å². The molecular formula is C31H37F2N7O3. The van der Waals surface area contributed by atoms with Crippen molar-refractivity contribution in [2.45, 2.75) is 80.7 Å². The van der Waals surface area contributed by atoms with Crippen molar-refractivity contribution >= 4 is 17.8 Å². The number of anilines is 1. The first-order valence-corrected chi connectivity index (χ1v) is 15.5. The van der Waals surface area contributed by atoms with E-state index in [4.69, 9.17) is 14.7 Å². The van der Waals surface area contributed by atoms with Crippen LogP contribution in [-0.4, -0.2) is 88.8 Å². The molecule has 5 aliphatic heterocycles. The standard InChI is InChI=1S/C31H37F2N7O3/c1-38-16-21-23(14-31(38)10-7-19-5-2-6-22(33)24(19)31)34-28(43-18-29-8-3-12-40(29)15-20(32)13-29)35-25(21)39-11-4-9-30(17-39)26(41)36-27(42)37-30/h2,5-6,20H,3-4,7-18H2,1H3,(H2,36,37,41,42)/t20-,29+,30-,31+/m1/s1. The van der Waals surface area contributed by atoms with Crippen molar-refractivity contribution in [2.75, 3.05) is 44.7 Å². The summed E-state index contributed by atoms with van der Waals surface area (Å²) in [6, 6.07) is 5.07. The Hall–Kier alpha value is -3.38. The number of alkyl halides is 1. The number of likely N-dealkylation sites (N-methyl/N-ethyl adjacent to an activating group) is 1. The van der Waals surface area contributed by atoms with E-state index in [0.29, 0.717) is 57.7 Å². The zero-order valence-corrected chi connectivity index (χ0v) is 24.4. The number of carbonyl (C=O) groups excluding carboxylic acids is 2. The van der Waals surface area contributed by atoms with Gasteiger partial charge in [0.2, 0.25) is 0 Å². The Bertz CT molecular complexity index is 1520. The lowest BCUT2D eigenvalue weighted by Crippen LogP contribution is -2.59. The van der Waals surface area contributed by atoms with Gasteiger partial charge >= 0.3 is 12.0 Å². The van der Waals surface area contributed by atoms with Crippen LogP contribution in [0.3, 0.4) is 0 Å². The first-order chi connectivity index (χ1) is 20.7. The largest absolute Gasteiger partial charge is 0.461 e. The first-order valence-electron chi connectivity index (χ1n) is 15.5. The lowest BCUT2D eigenvalue weighted by Gasteiger charge is -2.46. The molecule has 3 amide bonds. The van der Waals surface area contributed by atoms with E-state index in [1.807, 2.05) is 13.1 Å². The zero-order chi connectivity index (χ0) is 29.6. The number of hydrogen-bond acceptors (Lipinski definition) is 8. The summed E-state index contributed by atoms with van der Waals surface area (Å²) < 4.78 is 36.3. The Labute approximate surface area is 249 Å². The van der Waals surface area contributed by atoms with Gasteiger partial charge in [0, 0.05) is 43.6 Å². The number of nitrogens with one attached hydrogen (secondary N) is 2. The lowest BCUT2D eigenvalue weighted by atomic mass is 9.80. The van der Waals surface area contributed by atoms with Crippen LogP contribution in [0.5, 0.6) is 6.01 Å². The molecule has 0 saturated carbocycles. The average Bonchev–Trinajstić information content (AvgIpc) is 3.69. The molecule has 2 aromatic rings. The Morgan fingerprint density at radius 3 is 2.84 bits per heavy atom. The number of imide groups is 1. The SMILES string of the molecule is CN1Cc2c(nc(OC[C@@]34CCCN3C[C@H](F)C4)nc2N2CCC[C@]3(C2)NC(=O)NC3=O)C[C@]12CCc1cccc(F)c12. The van der Waals surface area contributed by atoms with E-state index in [-0.39, 0.29) is 29.8 Å². The topological polar surface area (TPSA) is 103 Å². The number of urea groups is 1. The minimum Gasteiger partial charge on any atom is -0.461 e. The molecule has 2 spiro atoms. The fourth-order valence-electron chi connectivity index (χ4n) is 8.95. The number of amides is 3. The second-order valence-corrected chi connectivity index (χ2v) is 13.5. The number of aromatic nitrogens is 2. The van der Waals surface area contributed by atoms with E-state index in [9.17, 15) is 14.0 Å². The van der Waals surface area contributed by atoms with Gasteiger partial charge in [-0.25, -0.2) is 13.6 Å². The van der Waals surface area contributed by atoms with Crippen molar-refractivity contribution in [3.63, 3.8) is 0 Å². The molecule has 4 fully saturated rings. The molecule has 12 heteroatoms. The molecule has 1 aromatic heterocycles. The summed E-state index contributed by atoms with van der Waals surface area (Å²) in [6.07, 6.45) is 4.76. The molecule has 2 N–H and O–H groups in total. The van der Waals surface area contributed by atoms with E-state index >= 15 is 4.39 Å². The van der Waals surface area contributed by atoms with Crippen LogP contribution in [0.25, 0.3) is 0 Å². The van der Waals surface area contributed by atoms with Crippen LogP contribution in [0.1, 0.15) is 60.9 Å². The number of rotatable bonds is 4. The van der Waals surface area contributed by atoms with E-state index in [1.165, 1.54) is 6.07 Å². The summed E-state index contributed by atoms with van der Waals surface area (Å²) in [5.74, 6) is 0.162. The quantitative estimate of drug-likeness (QED) is 0.522. The number of benzene rings is 1. The monoisotopic (exact) mass is 593 g/mol. The Morgan fingerprint density at radius 1 is 1.14 bits per heavy atom. The highest BCUT2D eigenvalue weighted by Gasteiger charge is 2.52. The lowest BCUT2D eigenvalue weighted by molar-refractivity contribution is -0.124. The number of carbonyl (C=O) groups is 2. The second kappa shape index (κ2) is 9.56. The van der Waals surface area contributed by atoms with E-state index in [2.05, 4.69) is 25.3 Å². The number of nitrogens with zero attached hydrogens (tertiary/aromatic N) is 5. The molecular weight excluding hydrogens is 556 g/mol. The van der Waals surface area contributed by atoms with Crippen LogP contribution in [0.4, 0.5) is 19.4 Å². The fourth-order valence-corrected chi connectivity index (χ4v) is 8.95. The van der Waals surface area contributed by atoms with Crippen LogP contribution in [-0.2, 0) is 29.7 Å². The maximum atomic E-state index is 15.4. The molecule has 0 radical (unpaired) electrons. The number of aryl methyl sites for hydroxylation is 1. The minimum absolute atomic E-state index is 0.195. The Kier molecular flexibility index (Phi) is 6.04. The predicted molar refractivity (Wildman–Crippen MR) is 153 cm³/mol. The summed E-state index contributed by atoms with van der Waals surface area (Å²) in [4.78, 5) is 41.4. The van der Waals surface area contributed by atoms with Gasteiger partial charge in [-0.05, 0) is 63.7 Å². The summed E-state index contributed by atoms with van der Waals surface area (Å²) in [5, 5.41) is 5.26. The van der Waals surface area contributed by atoms with Gasteiger partial charge in [0.1, 0.15) is 30.0 Å². The second-order valence-electron chi connectivity index (χ2n) is 13.5. The number of ether oxygens (including phenoxy) is 1. The van der Waals surface area contributed by atoms with Gasteiger partial charge in [-0.15, -0.1) is 0 Å². The van der Waals surface area contributed by atoms with E-state index < -0.39 is 23.3 Å². The van der Waals surface area contributed by atoms with Crippen molar-refractivity contribution in [3.05, 3.63) is 46.4 Å². The normalized spacial score (nSPS) is 33.6. The first kappa shape index (κ1) is 27.2. The van der Waals surface area contributed by atoms with Gasteiger partial charge < -0.3 is 15.0 Å². The zero-order valence-electron chi connectivity index (χ0n) is 24.4. The molecule has 1 aromatic carbocycles. The summed E-state index contributed by atoms with van der Waals surface area (Å²) in [6.45, 7) is 3.04. The van der Waals surface area contributed by atoms with Crippen LogP contribution in [0.15, 0.2) is 18.2 Å². The number of piperidine rings is 1. The molecule has 10 nitrogen and oxygen atoms in total. The summed E-state index contributed by atoms with van der Waals surface area (Å²) >= 11 is 0. The van der Waals surface area contributed by atoms with Gasteiger partial charge in [0.05, 0.1) is 23.3 Å². The Morgan fingerprint density at radius 2 is 2.00 bits per heavy atom. The van der Waals surface area contributed by atoms with Crippen molar-refractivity contribution in [1.82, 2.24) is 30.4 Å². The molecule has 6 heterocycles. The highest BCUT2D eigenvalue weighted by Crippen LogP contribution is 2.49. The molecule has 0 bridgehead atoms. The van der Waals surface area contributed by atoms with Crippen molar-refractivity contribution in [2.24, 2.45) is 0 Å². The van der Waals surface area contributed by atoms with E-state index in [0.717, 1.165) is 54.6 Å². The smallest absolute Gasteiger partial charge is 0.322 e. The van der Waals surface area contributed by atoms with Crippen LogP contribution >= 0.6 is 0 Å². The van der Waals surface area contributed by atoms with Gasteiger partial charge in [-0.2, -0.15) is 9.97 Å². The fraction of sp³-hybridized carbons (Fsp3) is 0.613. The van der Waals surface area contributed by atoms with Gasteiger partial charge in [0.25, 0.3) is 5.91 Å². The summed E-state index contributed by atoms with van der Waals surface area (Å²) in [5.41, 5.74) is 1.61. The maximum Gasteiger partial charge on any atom is 0.322 e. The molecule has 4 saturated heterocycles. The molecule has 0 unspecified atom stereocenters. The number of hydrogen-bond donors (Lipinski definition) is 2. The van der Waals surface area contributed by atoms with Crippen molar-refractivity contribution < 1.29 is 23.1 Å². The number of halogens is 2. The van der Waals surface area contributed by atoms with Gasteiger partial charge in [-0.1, -0.05) is 12.1 Å².